The fourth-order valence-corrected chi connectivity index (χ4v) is 1.88. The molecule has 0 aromatic heterocycles. The van der Waals surface area contributed by atoms with Crippen LogP contribution in [0.3, 0.4) is 0 Å². The molecule has 0 aliphatic carbocycles. The maximum atomic E-state index is 10.8. The molecule has 0 unspecified atom stereocenters. The van der Waals surface area contributed by atoms with Crippen LogP contribution in [0, 0.1) is 0 Å². The molecular formula is C12H15N3O2. The number of rotatable bonds is 1. The molecule has 0 spiro atoms. The molecule has 1 aromatic carbocycles. The smallest absolute Gasteiger partial charge is 0.407 e. The second-order valence-corrected chi connectivity index (χ2v) is 4.05. The van der Waals surface area contributed by atoms with Gasteiger partial charge in [0.1, 0.15) is 0 Å². The van der Waals surface area contributed by atoms with Crippen molar-refractivity contribution in [3.05, 3.63) is 29.8 Å². The van der Waals surface area contributed by atoms with E-state index in [2.05, 4.69) is 0 Å². The van der Waals surface area contributed by atoms with Crippen molar-refractivity contribution in [2.24, 2.45) is 0 Å². The van der Waals surface area contributed by atoms with Gasteiger partial charge in [-0.15, -0.1) is 0 Å². The minimum atomic E-state index is -0.878. The van der Waals surface area contributed by atoms with Crippen molar-refractivity contribution < 1.29 is 9.90 Å². The maximum Gasteiger partial charge on any atom is 0.407 e. The summed E-state index contributed by atoms with van der Waals surface area (Å²) in [6, 6.07) is 5.51. The van der Waals surface area contributed by atoms with Crippen molar-refractivity contribution in [2.75, 3.05) is 24.6 Å². The zero-order chi connectivity index (χ0) is 12.4. The molecule has 0 radical (unpaired) electrons. The van der Waals surface area contributed by atoms with Crippen LogP contribution in [-0.2, 0) is 0 Å². The molecule has 5 heteroatoms. The second kappa shape index (κ2) is 4.37. The minimum absolute atomic E-state index is 0.426. The molecule has 17 heavy (non-hydrogen) atoms. The summed E-state index contributed by atoms with van der Waals surface area (Å²) in [7, 11) is 0. The quantitative estimate of drug-likeness (QED) is 0.642. The summed E-state index contributed by atoms with van der Waals surface area (Å²) in [6.07, 6.45) is 1.75. The number of carboxylic acid groups (broad SMARTS) is 1. The van der Waals surface area contributed by atoms with Crippen LogP contribution in [0.2, 0.25) is 0 Å². The summed E-state index contributed by atoms with van der Waals surface area (Å²) in [5, 5.41) is 8.84. The molecule has 1 heterocycles. The highest BCUT2D eigenvalue weighted by Crippen LogP contribution is 2.26. The van der Waals surface area contributed by atoms with Crippen LogP contribution in [-0.4, -0.2) is 29.2 Å². The number of hydrogen-bond acceptors (Lipinski definition) is 3. The molecule has 90 valence electrons. The number of nitrogens with zero attached hydrogens (tertiary/aromatic N) is 1. The standard InChI is InChI=1S/C12H15N3O2/c13-10-2-1-9(7-11(10)14)8-3-5-15(6-4-8)12(16)17/h1-3,7H,4-6,13-14H2,(H,16,17). The Kier molecular flexibility index (Phi) is 2.91. The number of amides is 1. The first-order chi connectivity index (χ1) is 8.08. The van der Waals surface area contributed by atoms with Crippen LogP contribution in [0.4, 0.5) is 16.2 Å². The Bertz CT molecular complexity index is 483. The van der Waals surface area contributed by atoms with Gasteiger partial charge in [0, 0.05) is 13.1 Å². The average molecular weight is 233 g/mol. The van der Waals surface area contributed by atoms with Gasteiger partial charge in [0.25, 0.3) is 0 Å². The summed E-state index contributed by atoms with van der Waals surface area (Å²) in [5.41, 5.74) is 14.7. The van der Waals surface area contributed by atoms with E-state index < -0.39 is 6.09 Å². The topological polar surface area (TPSA) is 92.6 Å². The van der Waals surface area contributed by atoms with Crippen LogP contribution in [0.5, 0.6) is 0 Å². The number of carbonyl (C=O) groups is 1. The molecule has 0 fully saturated rings. The van der Waals surface area contributed by atoms with Gasteiger partial charge >= 0.3 is 6.09 Å². The first kappa shape index (κ1) is 11.3. The first-order valence-electron chi connectivity index (χ1n) is 5.40. The zero-order valence-electron chi connectivity index (χ0n) is 9.39. The van der Waals surface area contributed by atoms with E-state index in [1.54, 1.807) is 6.07 Å². The molecule has 1 aliphatic heterocycles. The van der Waals surface area contributed by atoms with Crippen LogP contribution >= 0.6 is 0 Å². The highest BCUT2D eigenvalue weighted by Gasteiger charge is 2.16. The lowest BCUT2D eigenvalue weighted by Crippen LogP contribution is -2.33. The van der Waals surface area contributed by atoms with Gasteiger partial charge in [-0.25, -0.2) is 4.79 Å². The fourth-order valence-electron chi connectivity index (χ4n) is 1.88. The molecule has 5 nitrogen and oxygen atoms in total. The predicted octanol–water partition coefficient (Wildman–Crippen LogP) is 1.62. The summed E-state index contributed by atoms with van der Waals surface area (Å²) >= 11 is 0. The lowest BCUT2D eigenvalue weighted by molar-refractivity contribution is 0.150. The normalized spacial score (nSPS) is 15.5. The molecule has 5 N–H and O–H groups in total. The van der Waals surface area contributed by atoms with Crippen molar-refractivity contribution in [1.29, 1.82) is 0 Å². The Labute approximate surface area is 99.3 Å². The van der Waals surface area contributed by atoms with Gasteiger partial charge < -0.3 is 21.5 Å². The molecule has 2 rings (SSSR count). The number of nitrogen functional groups attached to an aromatic ring is 2. The second-order valence-electron chi connectivity index (χ2n) is 4.05. The third-order valence-electron chi connectivity index (χ3n) is 2.94. The van der Waals surface area contributed by atoms with E-state index in [-0.39, 0.29) is 0 Å². The summed E-state index contributed by atoms with van der Waals surface area (Å²) in [5.74, 6) is 0. The molecule has 0 saturated heterocycles. The van der Waals surface area contributed by atoms with E-state index >= 15 is 0 Å². The van der Waals surface area contributed by atoms with Gasteiger partial charge in [-0.05, 0) is 29.7 Å². The van der Waals surface area contributed by atoms with E-state index in [0.29, 0.717) is 30.9 Å². The number of nitrogens with two attached hydrogens (primary N) is 2. The number of anilines is 2. The van der Waals surface area contributed by atoms with E-state index in [1.807, 2.05) is 18.2 Å². The van der Waals surface area contributed by atoms with Crippen molar-refractivity contribution >= 4 is 23.0 Å². The SMILES string of the molecule is Nc1ccc(C2=CCN(C(=O)O)CC2)cc1N. The Morgan fingerprint density at radius 3 is 2.59 bits per heavy atom. The summed E-state index contributed by atoms with van der Waals surface area (Å²) < 4.78 is 0. The van der Waals surface area contributed by atoms with Gasteiger partial charge in [-0.2, -0.15) is 0 Å². The Balaban J connectivity index is 2.19. The molecule has 1 aliphatic rings. The Morgan fingerprint density at radius 1 is 1.29 bits per heavy atom. The lowest BCUT2D eigenvalue weighted by atomic mass is 9.99. The molecule has 0 atom stereocenters. The van der Waals surface area contributed by atoms with Crippen molar-refractivity contribution in [3.63, 3.8) is 0 Å². The summed E-state index contributed by atoms with van der Waals surface area (Å²) in [6.45, 7) is 0.945. The largest absolute Gasteiger partial charge is 0.465 e. The van der Waals surface area contributed by atoms with E-state index in [1.165, 1.54) is 4.90 Å². The Hall–Kier alpha value is -2.17. The third kappa shape index (κ3) is 2.33. The third-order valence-corrected chi connectivity index (χ3v) is 2.94. The minimum Gasteiger partial charge on any atom is -0.465 e. The molecule has 0 bridgehead atoms. The molecular weight excluding hydrogens is 218 g/mol. The fraction of sp³-hybridized carbons (Fsp3) is 0.250. The molecule has 1 aromatic rings. The summed E-state index contributed by atoms with van der Waals surface area (Å²) in [4.78, 5) is 12.1. The van der Waals surface area contributed by atoms with E-state index in [0.717, 1.165) is 11.1 Å². The monoisotopic (exact) mass is 233 g/mol. The van der Waals surface area contributed by atoms with Gasteiger partial charge in [-0.3, -0.25) is 0 Å². The van der Waals surface area contributed by atoms with Gasteiger partial charge in [-0.1, -0.05) is 12.1 Å². The lowest BCUT2D eigenvalue weighted by Gasteiger charge is -2.24. The van der Waals surface area contributed by atoms with Crippen LogP contribution in [0.1, 0.15) is 12.0 Å². The number of benzene rings is 1. The highest BCUT2D eigenvalue weighted by atomic mass is 16.4. The van der Waals surface area contributed by atoms with Crippen molar-refractivity contribution in [1.82, 2.24) is 4.90 Å². The van der Waals surface area contributed by atoms with Crippen molar-refractivity contribution in [3.8, 4) is 0 Å². The van der Waals surface area contributed by atoms with Gasteiger partial charge in [0.2, 0.25) is 0 Å². The van der Waals surface area contributed by atoms with Crippen molar-refractivity contribution in [2.45, 2.75) is 6.42 Å². The molecule has 0 saturated carbocycles. The maximum absolute atomic E-state index is 10.8. The van der Waals surface area contributed by atoms with E-state index in [9.17, 15) is 4.79 Å². The van der Waals surface area contributed by atoms with Gasteiger partial charge in [0.15, 0.2) is 0 Å². The predicted molar refractivity (Wildman–Crippen MR) is 67.5 cm³/mol. The van der Waals surface area contributed by atoms with Crippen LogP contribution in [0.25, 0.3) is 5.57 Å². The zero-order valence-corrected chi connectivity index (χ0v) is 9.39. The molecule has 1 amide bonds. The van der Waals surface area contributed by atoms with Gasteiger partial charge in [0.05, 0.1) is 11.4 Å². The van der Waals surface area contributed by atoms with Crippen LogP contribution < -0.4 is 11.5 Å². The van der Waals surface area contributed by atoms with E-state index in [4.69, 9.17) is 16.6 Å². The first-order valence-corrected chi connectivity index (χ1v) is 5.40. The van der Waals surface area contributed by atoms with Crippen LogP contribution in [0.15, 0.2) is 24.3 Å². The average Bonchev–Trinajstić information content (AvgIpc) is 2.33. The Morgan fingerprint density at radius 2 is 2.06 bits per heavy atom. The number of hydrogen-bond donors (Lipinski definition) is 3. The highest BCUT2D eigenvalue weighted by molar-refractivity contribution is 5.75.